The van der Waals surface area contributed by atoms with E-state index in [0.717, 1.165) is 17.5 Å². The van der Waals surface area contributed by atoms with Crippen LogP contribution in [0.15, 0.2) is 54.6 Å². The lowest BCUT2D eigenvalue weighted by molar-refractivity contribution is 0.922. The SMILES string of the molecule is CCCc1ccc(C#CC#Cc2ccccc2)cc1. The van der Waals surface area contributed by atoms with Gasteiger partial charge in [0.2, 0.25) is 0 Å². The first-order valence-electron chi connectivity index (χ1n) is 6.54. The van der Waals surface area contributed by atoms with Gasteiger partial charge in [-0.25, -0.2) is 0 Å². The van der Waals surface area contributed by atoms with E-state index in [0.29, 0.717) is 0 Å². The molecule has 0 aliphatic carbocycles. The van der Waals surface area contributed by atoms with Gasteiger partial charge in [0, 0.05) is 11.1 Å². The lowest BCUT2D eigenvalue weighted by Crippen LogP contribution is -1.82. The van der Waals surface area contributed by atoms with Crippen LogP contribution in [-0.2, 0) is 6.42 Å². The Kier molecular flexibility index (Phi) is 4.86. The van der Waals surface area contributed by atoms with Crippen molar-refractivity contribution < 1.29 is 0 Å². The molecule has 0 fully saturated rings. The summed E-state index contributed by atoms with van der Waals surface area (Å²) in [6, 6.07) is 18.3. The predicted octanol–water partition coefficient (Wildman–Crippen LogP) is 4.04. The maximum absolute atomic E-state index is 3.06. The first-order chi connectivity index (χ1) is 9.38. The average Bonchev–Trinajstić information content (AvgIpc) is 2.47. The van der Waals surface area contributed by atoms with Crippen LogP contribution >= 0.6 is 0 Å². The van der Waals surface area contributed by atoms with Crippen LogP contribution in [0.5, 0.6) is 0 Å². The van der Waals surface area contributed by atoms with E-state index in [2.05, 4.69) is 54.9 Å². The first kappa shape index (κ1) is 13.0. The van der Waals surface area contributed by atoms with Crippen molar-refractivity contribution in [2.45, 2.75) is 19.8 Å². The summed E-state index contributed by atoms with van der Waals surface area (Å²) in [5, 5.41) is 0. The zero-order valence-electron chi connectivity index (χ0n) is 11.1. The fourth-order valence-corrected chi connectivity index (χ4v) is 1.77. The Balaban J connectivity index is 2.02. The van der Waals surface area contributed by atoms with Gasteiger partial charge in [0.15, 0.2) is 0 Å². The van der Waals surface area contributed by atoms with E-state index in [1.54, 1.807) is 0 Å². The third-order valence-corrected chi connectivity index (χ3v) is 2.74. The Morgan fingerprint density at radius 1 is 0.737 bits per heavy atom. The molecule has 0 N–H and O–H groups in total. The molecule has 2 rings (SSSR count). The first-order valence-corrected chi connectivity index (χ1v) is 6.54. The van der Waals surface area contributed by atoms with Crippen LogP contribution in [0, 0.1) is 23.7 Å². The fourth-order valence-electron chi connectivity index (χ4n) is 1.77. The van der Waals surface area contributed by atoms with Crippen molar-refractivity contribution in [3.05, 3.63) is 71.3 Å². The zero-order chi connectivity index (χ0) is 13.3. The highest BCUT2D eigenvalue weighted by Gasteiger charge is 1.90. The summed E-state index contributed by atoms with van der Waals surface area (Å²) in [6.07, 6.45) is 2.30. The minimum atomic E-state index is 0.995. The van der Waals surface area contributed by atoms with Crippen LogP contribution in [0.1, 0.15) is 30.0 Å². The molecule has 0 bridgehead atoms. The van der Waals surface area contributed by atoms with Crippen LogP contribution in [0.4, 0.5) is 0 Å². The van der Waals surface area contributed by atoms with Gasteiger partial charge in [0.05, 0.1) is 0 Å². The summed E-state index contributed by atoms with van der Waals surface area (Å²) < 4.78 is 0. The molecule has 0 radical (unpaired) electrons. The van der Waals surface area contributed by atoms with Crippen molar-refractivity contribution in [3.63, 3.8) is 0 Å². The van der Waals surface area contributed by atoms with Crippen molar-refractivity contribution in [2.24, 2.45) is 0 Å². The Bertz CT molecular complexity index is 626. The number of benzene rings is 2. The van der Waals surface area contributed by atoms with E-state index < -0.39 is 0 Å². The molecule has 0 aliphatic heterocycles. The third kappa shape index (κ3) is 4.38. The van der Waals surface area contributed by atoms with E-state index in [1.165, 1.54) is 12.0 Å². The minimum absolute atomic E-state index is 0.995. The molecule has 0 atom stereocenters. The van der Waals surface area contributed by atoms with Gasteiger partial charge in [-0.05, 0) is 48.1 Å². The van der Waals surface area contributed by atoms with Gasteiger partial charge in [0.25, 0.3) is 0 Å². The van der Waals surface area contributed by atoms with Crippen LogP contribution in [0.2, 0.25) is 0 Å². The molecule has 0 aromatic heterocycles. The lowest BCUT2D eigenvalue weighted by atomic mass is 10.1. The number of aryl methyl sites for hydroxylation is 1. The molecule has 0 amide bonds. The molecule has 92 valence electrons. The molecule has 0 heteroatoms. The van der Waals surface area contributed by atoms with Gasteiger partial charge in [-0.3, -0.25) is 0 Å². The molecular formula is C19H16. The monoisotopic (exact) mass is 244 g/mol. The Morgan fingerprint density at radius 3 is 1.89 bits per heavy atom. The van der Waals surface area contributed by atoms with Crippen LogP contribution in [0.3, 0.4) is 0 Å². The molecular weight excluding hydrogens is 228 g/mol. The molecule has 2 aromatic carbocycles. The lowest BCUT2D eigenvalue weighted by Gasteiger charge is -1.97. The van der Waals surface area contributed by atoms with Crippen molar-refractivity contribution >= 4 is 0 Å². The van der Waals surface area contributed by atoms with Gasteiger partial charge in [0.1, 0.15) is 0 Å². The average molecular weight is 244 g/mol. The quantitative estimate of drug-likeness (QED) is 0.699. The third-order valence-electron chi connectivity index (χ3n) is 2.74. The molecule has 0 heterocycles. The molecule has 0 nitrogen and oxygen atoms in total. The Labute approximate surface area is 115 Å². The molecule has 0 saturated carbocycles. The number of rotatable bonds is 2. The van der Waals surface area contributed by atoms with Gasteiger partial charge in [-0.15, -0.1) is 0 Å². The summed E-state index contributed by atoms with van der Waals surface area (Å²) in [4.78, 5) is 0. The summed E-state index contributed by atoms with van der Waals surface area (Å²) in [5.74, 6) is 11.9. The largest absolute Gasteiger partial charge is 0.0651 e. The maximum atomic E-state index is 3.06. The topological polar surface area (TPSA) is 0 Å². The highest BCUT2D eigenvalue weighted by atomic mass is 13.9. The fraction of sp³-hybridized carbons (Fsp3) is 0.158. The van der Waals surface area contributed by atoms with Gasteiger partial charge in [-0.1, -0.05) is 55.5 Å². The zero-order valence-corrected chi connectivity index (χ0v) is 11.1. The molecule has 0 aliphatic rings. The van der Waals surface area contributed by atoms with Crippen molar-refractivity contribution in [3.8, 4) is 23.7 Å². The van der Waals surface area contributed by atoms with E-state index in [4.69, 9.17) is 0 Å². The molecule has 0 spiro atoms. The van der Waals surface area contributed by atoms with Gasteiger partial charge in [-0.2, -0.15) is 0 Å². The summed E-state index contributed by atoms with van der Waals surface area (Å²) in [6.45, 7) is 2.19. The maximum Gasteiger partial charge on any atom is 0.0255 e. The molecule has 19 heavy (non-hydrogen) atoms. The highest BCUT2D eigenvalue weighted by Crippen LogP contribution is 2.05. The second-order valence-electron chi connectivity index (χ2n) is 4.31. The van der Waals surface area contributed by atoms with Crippen LogP contribution in [-0.4, -0.2) is 0 Å². The summed E-state index contributed by atoms with van der Waals surface area (Å²) >= 11 is 0. The van der Waals surface area contributed by atoms with Crippen LogP contribution < -0.4 is 0 Å². The van der Waals surface area contributed by atoms with Gasteiger partial charge < -0.3 is 0 Å². The Morgan fingerprint density at radius 2 is 1.32 bits per heavy atom. The van der Waals surface area contributed by atoms with E-state index >= 15 is 0 Å². The van der Waals surface area contributed by atoms with E-state index in [1.807, 2.05) is 30.3 Å². The Hall–Kier alpha value is -2.44. The summed E-state index contributed by atoms with van der Waals surface area (Å²) in [5.41, 5.74) is 3.38. The van der Waals surface area contributed by atoms with Crippen molar-refractivity contribution in [1.82, 2.24) is 0 Å². The number of hydrogen-bond donors (Lipinski definition) is 0. The second kappa shape index (κ2) is 7.10. The second-order valence-corrected chi connectivity index (χ2v) is 4.31. The van der Waals surface area contributed by atoms with Crippen LogP contribution in [0.25, 0.3) is 0 Å². The molecule has 0 saturated heterocycles. The standard InChI is InChI=1S/C19H16/c1-2-8-17-13-15-19(16-14-17)12-7-6-11-18-9-4-3-5-10-18/h3-5,9-10,13-16H,2,8H2,1H3. The highest BCUT2D eigenvalue weighted by molar-refractivity contribution is 5.44. The normalized spacial score (nSPS) is 8.89. The van der Waals surface area contributed by atoms with Crippen molar-refractivity contribution in [1.29, 1.82) is 0 Å². The number of hydrogen-bond acceptors (Lipinski definition) is 0. The summed E-state index contributed by atoms with van der Waals surface area (Å²) in [7, 11) is 0. The molecule has 2 aromatic rings. The minimum Gasteiger partial charge on any atom is -0.0651 e. The van der Waals surface area contributed by atoms with Gasteiger partial charge >= 0.3 is 0 Å². The van der Waals surface area contributed by atoms with E-state index in [-0.39, 0.29) is 0 Å². The van der Waals surface area contributed by atoms with E-state index in [9.17, 15) is 0 Å². The van der Waals surface area contributed by atoms with Crippen molar-refractivity contribution in [2.75, 3.05) is 0 Å². The predicted molar refractivity (Wildman–Crippen MR) is 80.6 cm³/mol. The smallest absolute Gasteiger partial charge is 0.0255 e. The molecule has 0 unspecified atom stereocenters.